The van der Waals surface area contributed by atoms with Gasteiger partial charge in [-0.3, -0.25) is 9.59 Å². The molecule has 1 unspecified atom stereocenters. The Morgan fingerprint density at radius 2 is 0.726 bits per heavy atom. The summed E-state index contributed by atoms with van der Waals surface area (Å²) in [4.78, 5) is 25.4. The van der Waals surface area contributed by atoms with Crippen LogP contribution in [0.1, 0.15) is 201 Å². The lowest BCUT2D eigenvalue weighted by Crippen LogP contribution is -2.30. The van der Waals surface area contributed by atoms with Crippen molar-refractivity contribution in [3.05, 3.63) is 122 Å². The highest BCUT2D eigenvalue weighted by Gasteiger charge is 2.17. The maximum atomic E-state index is 12.8. The standard InChI is InChI=1S/C57H92O5/c1-4-7-10-13-16-19-22-25-28-29-31-32-35-38-41-44-47-50-56(58)61-54-55(53-60-52-49-46-43-40-37-34-27-24-21-18-15-12-9-6-3)62-57(59)51-48-45-42-39-36-33-30-26-23-20-17-14-11-8-5-2/h8-9,11-12,16-21,25-28,30,34,36,39-40,43,55H,4-7,10,13-15,22-24,29,31-33,35,37-38,41-42,44-54H2,1-3H3/b11-8-,12-9-,19-16-,20-17-,21-18-,28-25-,30-26-,34-27-,39-36-,43-40-. The van der Waals surface area contributed by atoms with Gasteiger partial charge in [-0.15, -0.1) is 0 Å². The van der Waals surface area contributed by atoms with E-state index in [0.29, 0.717) is 19.4 Å². The van der Waals surface area contributed by atoms with Crippen molar-refractivity contribution in [1.29, 1.82) is 0 Å². The van der Waals surface area contributed by atoms with E-state index in [2.05, 4.69) is 142 Å². The van der Waals surface area contributed by atoms with E-state index >= 15 is 0 Å². The van der Waals surface area contributed by atoms with Gasteiger partial charge in [0.25, 0.3) is 0 Å². The molecule has 0 aliphatic rings. The molecule has 1 atom stereocenters. The number of esters is 2. The Morgan fingerprint density at radius 3 is 1.19 bits per heavy atom. The fourth-order valence-electron chi connectivity index (χ4n) is 6.30. The summed E-state index contributed by atoms with van der Waals surface area (Å²) in [6.45, 7) is 7.36. The molecule has 0 saturated carbocycles. The molecule has 0 N–H and O–H groups in total. The van der Waals surface area contributed by atoms with E-state index in [-0.39, 0.29) is 25.2 Å². The first-order chi connectivity index (χ1) is 30.6. The molecule has 0 heterocycles. The smallest absolute Gasteiger partial charge is 0.306 e. The van der Waals surface area contributed by atoms with E-state index in [0.717, 1.165) is 116 Å². The first-order valence-corrected chi connectivity index (χ1v) is 25.1. The van der Waals surface area contributed by atoms with E-state index in [1.807, 2.05) is 0 Å². The number of allylic oxidation sites excluding steroid dienone is 20. The molecule has 62 heavy (non-hydrogen) atoms. The van der Waals surface area contributed by atoms with Crippen molar-refractivity contribution in [3.8, 4) is 0 Å². The zero-order valence-corrected chi connectivity index (χ0v) is 40.1. The topological polar surface area (TPSA) is 61.8 Å². The molecule has 0 rings (SSSR count). The lowest BCUT2D eigenvalue weighted by Gasteiger charge is -2.18. The molecule has 0 aromatic heterocycles. The Labute approximate surface area is 382 Å². The summed E-state index contributed by atoms with van der Waals surface area (Å²) in [7, 11) is 0. The molecule has 0 aliphatic carbocycles. The van der Waals surface area contributed by atoms with Crippen molar-refractivity contribution in [2.24, 2.45) is 0 Å². The second kappa shape index (κ2) is 51.6. The zero-order valence-electron chi connectivity index (χ0n) is 40.1. The highest BCUT2D eigenvalue weighted by Crippen LogP contribution is 2.12. The fraction of sp³-hybridized carbons (Fsp3) is 0.614. The van der Waals surface area contributed by atoms with Gasteiger partial charge in [-0.05, 0) is 122 Å². The van der Waals surface area contributed by atoms with Crippen LogP contribution in [0.4, 0.5) is 0 Å². The Bertz CT molecular complexity index is 1290. The zero-order chi connectivity index (χ0) is 44.9. The van der Waals surface area contributed by atoms with Gasteiger partial charge in [0, 0.05) is 19.4 Å². The molecule has 350 valence electrons. The third-order valence-corrected chi connectivity index (χ3v) is 9.96. The Morgan fingerprint density at radius 1 is 0.371 bits per heavy atom. The van der Waals surface area contributed by atoms with Crippen molar-refractivity contribution in [3.63, 3.8) is 0 Å². The molecule has 0 amide bonds. The van der Waals surface area contributed by atoms with Gasteiger partial charge in [0.2, 0.25) is 0 Å². The second-order valence-corrected chi connectivity index (χ2v) is 15.9. The third kappa shape index (κ3) is 49.0. The van der Waals surface area contributed by atoms with Gasteiger partial charge in [-0.2, -0.15) is 0 Å². The summed E-state index contributed by atoms with van der Waals surface area (Å²) in [6.07, 6.45) is 72.2. The van der Waals surface area contributed by atoms with Crippen molar-refractivity contribution >= 4 is 11.9 Å². The molecule has 0 fully saturated rings. The normalized spacial score (nSPS) is 13.3. The van der Waals surface area contributed by atoms with Gasteiger partial charge in [-0.25, -0.2) is 0 Å². The van der Waals surface area contributed by atoms with Crippen molar-refractivity contribution in [1.82, 2.24) is 0 Å². The SMILES string of the molecule is CC/C=C\C/C=C\C/C=C\C/C=C\CCCCC(=O)OC(COCCC/C=C\C/C=C\C/C=C\C/C=C\CC)COC(=O)CCCCCCCCC/C=C\C/C=C\CCCCC. The number of carbonyl (C=O) groups is 2. The van der Waals surface area contributed by atoms with Crippen molar-refractivity contribution in [2.75, 3.05) is 19.8 Å². The minimum atomic E-state index is -0.597. The molecule has 5 nitrogen and oxygen atoms in total. The van der Waals surface area contributed by atoms with Gasteiger partial charge in [0.15, 0.2) is 6.10 Å². The molecular weight excluding hydrogens is 765 g/mol. The van der Waals surface area contributed by atoms with Crippen LogP contribution in [0.2, 0.25) is 0 Å². The van der Waals surface area contributed by atoms with Crippen molar-refractivity contribution < 1.29 is 23.8 Å². The summed E-state index contributed by atoms with van der Waals surface area (Å²) in [5.74, 6) is -0.494. The average Bonchev–Trinajstić information content (AvgIpc) is 3.27. The van der Waals surface area contributed by atoms with Crippen LogP contribution in [0.25, 0.3) is 0 Å². The molecular formula is C57H92O5. The Hall–Kier alpha value is -3.70. The van der Waals surface area contributed by atoms with Crippen LogP contribution in [-0.2, 0) is 23.8 Å². The van der Waals surface area contributed by atoms with E-state index < -0.39 is 6.10 Å². The van der Waals surface area contributed by atoms with Crippen LogP contribution in [-0.4, -0.2) is 37.9 Å². The number of ether oxygens (including phenoxy) is 3. The van der Waals surface area contributed by atoms with Crippen LogP contribution < -0.4 is 0 Å². The van der Waals surface area contributed by atoms with Crippen LogP contribution in [0, 0.1) is 0 Å². The van der Waals surface area contributed by atoms with Crippen LogP contribution in [0.3, 0.4) is 0 Å². The van der Waals surface area contributed by atoms with Gasteiger partial charge in [-0.1, -0.05) is 187 Å². The monoisotopic (exact) mass is 857 g/mol. The minimum absolute atomic E-state index is 0.0348. The summed E-state index contributed by atoms with van der Waals surface area (Å²) < 4.78 is 17.3. The summed E-state index contributed by atoms with van der Waals surface area (Å²) >= 11 is 0. The summed E-state index contributed by atoms with van der Waals surface area (Å²) in [6, 6.07) is 0. The first kappa shape index (κ1) is 58.3. The minimum Gasteiger partial charge on any atom is -0.462 e. The molecule has 0 aromatic carbocycles. The lowest BCUT2D eigenvalue weighted by molar-refractivity contribution is -0.163. The van der Waals surface area contributed by atoms with Gasteiger partial charge < -0.3 is 14.2 Å². The maximum absolute atomic E-state index is 12.8. The van der Waals surface area contributed by atoms with Gasteiger partial charge in [0.1, 0.15) is 6.61 Å². The highest BCUT2D eigenvalue weighted by atomic mass is 16.6. The predicted molar refractivity (Wildman–Crippen MR) is 269 cm³/mol. The van der Waals surface area contributed by atoms with E-state index in [4.69, 9.17) is 14.2 Å². The third-order valence-electron chi connectivity index (χ3n) is 9.96. The summed E-state index contributed by atoms with van der Waals surface area (Å²) in [5, 5.41) is 0. The molecule has 5 heteroatoms. The van der Waals surface area contributed by atoms with Crippen molar-refractivity contribution in [2.45, 2.75) is 207 Å². The maximum Gasteiger partial charge on any atom is 0.306 e. The largest absolute Gasteiger partial charge is 0.462 e. The quantitative estimate of drug-likeness (QED) is 0.0347. The van der Waals surface area contributed by atoms with Crippen LogP contribution in [0.15, 0.2) is 122 Å². The van der Waals surface area contributed by atoms with E-state index in [1.165, 1.54) is 51.4 Å². The predicted octanol–water partition coefficient (Wildman–Crippen LogP) is 17.0. The lowest BCUT2D eigenvalue weighted by atomic mass is 10.1. The number of hydrogen-bond acceptors (Lipinski definition) is 5. The van der Waals surface area contributed by atoms with E-state index in [1.54, 1.807) is 0 Å². The van der Waals surface area contributed by atoms with Gasteiger partial charge >= 0.3 is 11.9 Å². The molecule has 0 aliphatic heterocycles. The Balaban J connectivity index is 4.45. The molecule has 0 spiro atoms. The highest BCUT2D eigenvalue weighted by molar-refractivity contribution is 5.70. The van der Waals surface area contributed by atoms with Gasteiger partial charge in [0.05, 0.1) is 6.61 Å². The number of unbranched alkanes of at least 4 members (excludes halogenated alkanes) is 13. The van der Waals surface area contributed by atoms with Crippen LogP contribution in [0.5, 0.6) is 0 Å². The molecule has 0 saturated heterocycles. The second-order valence-electron chi connectivity index (χ2n) is 15.9. The molecule has 0 bridgehead atoms. The number of carbonyl (C=O) groups excluding carboxylic acids is 2. The summed E-state index contributed by atoms with van der Waals surface area (Å²) in [5.41, 5.74) is 0. The number of rotatable bonds is 44. The molecule has 0 aromatic rings. The molecule has 0 radical (unpaired) electrons. The Kier molecular flexibility index (Phi) is 48.6. The average molecular weight is 857 g/mol. The van der Waals surface area contributed by atoms with Crippen LogP contribution >= 0.6 is 0 Å². The first-order valence-electron chi connectivity index (χ1n) is 25.1. The fourth-order valence-corrected chi connectivity index (χ4v) is 6.30. The van der Waals surface area contributed by atoms with E-state index in [9.17, 15) is 9.59 Å². The number of hydrogen-bond donors (Lipinski definition) is 0.